The first-order valence-electron chi connectivity index (χ1n) is 6.80. The van der Waals surface area contributed by atoms with Gasteiger partial charge in [-0.3, -0.25) is 9.59 Å². The van der Waals surface area contributed by atoms with Crippen LogP contribution in [0.2, 0.25) is 0 Å². The molecule has 5 nitrogen and oxygen atoms in total. The third-order valence-electron chi connectivity index (χ3n) is 3.45. The van der Waals surface area contributed by atoms with Crippen molar-refractivity contribution >= 4 is 28.9 Å². The smallest absolute Gasteiger partial charge is 0.339 e. The van der Waals surface area contributed by atoms with E-state index in [-0.39, 0.29) is 11.6 Å². The van der Waals surface area contributed by atoms with E-state index in [9.17, 15) is 14.4 Å². The van der Waals surface area contributed by atoms with E-state index in [0.717, 1.165) is 0 Å². The summed E-state index contributed by atoms with van der Waals surface area (Å²) in [5.74, 6) is -0.986. The molecule has 0 aliphatic carbocycles. The number of thiophene rings is 1. The summed E-state index contributed by atoms with van der Waals surface area (Å²) in [6.45, 7) is 6.43. The lowest BCUT2D eigenvalue weighted by Gasteiger charge is -2.11. The number of carbonyl (C=O) groups excluding carboxylic acids is 3. The fraction of sp³-hybridized carbons (Fsp3) is 0.312. The van der Waals surface area contributed by atoms with Gasteiger partial charge in [-0.1, -0.05) is 0 Å². The highest BCUT2D eigenvalue weighted by Gasteiger charge is 2.26. The highest BCUT2D eigenvalue weighted by molar-refractivity contribution is 7.08. The molecule has 1 N–H and O–H groups in total. The Morgan fingerprint density at radius 3 is 2.45 bits per heavy atom. The summed E-state index contributed by atoms with van der Waals surface area (Å²) in [5, 5.41) is 3.43. The van der Waals surface area contributed by atoms with Crippen molar-refractivity contribution in [2.24, 2.45) is 0 Å². The quantitative estimate of drug-likeness (QED) is 0.677. The predicted molar refractivity (Wildman–Crippen MR) is 83.8 cm³/mol. The molecule has 0 radical (unpaired) electrons. The van der Waals surface area contributed by atoms with Gasteiger partial charge in [0.15, 0.2) is 11.9 Å². The maximum atomic E-state index is 12.4. The molecule has 2 rings (SSSR count). The molecule has 0 unspecified atom stereocenters. The second-order valence-electron chi connectivity index (χ2n) is 5.10. The van der Waals surface area contributed by atoms with Crippen molar-refractivity contribution in [3.05, 3.63) is 44.9 Å². The number of carbonyl (C=O) groups is 3. The lowest BCUT2D eigenvalue weighted by Crippen LogP contribution is -2.25. The molecule has 1 atom stereocenters. The second kappa shape index (κ2) is 6.27. The number of aryl methyl sites for hydroxylation is 1. The molecule has 0 amide bonds. The predicted octanol–water partition coefficient (Wildman–Crippen LogP) is 3.32. The van der Waals surface area contributed by atoms with Crippen LogP contribution in [0.4, 0.5) is 0 Å². The maximum absolute atomic E-state index is 12.4. The third kappa shape index (κ3) is 3.01. The molecule has 0 saturated carbocycles. The van der Waals surface area contributed by atoms with Crippen LogP contribution in [0.1, 0.15) is 56.3 Å². The molecule has 0 fully saturated rings. The van der Waals surface area contributed by atoms with Crippen LogP contribution in [0.3, 0.4) is 0 Å². The summed E-state index contributed by atoms with van der Waals surface area (Å²) in [4.78, 5) is 38.9. The molecule has 0 aliphatic rings. The van der Waals surface area contributed by atoms with Gasteiger partial charge in [0.2, 0.25) is 5.78 Å². The van der Waals surface area contributed by atoms with Crippen molar-refractivity contribution in [1.29, 1.82) is 0 Å². The molecule has 0 spiro atoms. The van der Waals surface area contributed by atoms with Crippen molar-refractivity contribution in [1.82, 2.24) is 4.98 Å². The van der Waals surface area contributed by atoms with Gasteiger partial charge in [-0.2, -0.15) is 11.3 Å². The van der Waals surface area contributed by atoms with E-state index in [0.29, 0.717) is 28.1 Å². The zero-order chi connectivity index (χ0) is 16.4. The van der Waals surface area contributed by atoms with Crippen LogP contribution in [0.25, 0.3) is 0 Å². The van der Waals surface area contributed by atoms with E-state index in [4.69, 9.17) is 4.74 Å². The fourth-order valence-electron chi connectivity index (χ4n) is 2.39. The topological polar surface area (TPSA) is 76.2 Å². The second-order valence-corrected chi connectivity index (χ2v) is 5.89. The Balaban J connectivity index is 2.19. The van der Waals surface area contributed by atoms with E-state index in [1.165, 1.54) is 25.2 Å². The molecule has 116 valence electrons. The summed E-state index contributed by atoms with van der Waals surface area (Å²) in [6.07, 6.45) is -0.927. The number of nitrogens with one attached hydrogen (secondary N) is 1. The van der Waals surface area contributed by atoms with Gasteiger partial charge in [-0.15, -0.1) is 0 Å². The molecule has 22 heavy (non-hydrogen) atoms. The number of rotatable bonds is 5. The summed E-state index contributed by atoms with van der Waals surface area (Å²) >= 11 is 1.38. The summed E-state index contributed by atoms with van der Waals surface area (Å²) in [7, 11) is 0. The number of Topliss-reactive ketones (excluding diaryl/α,β-unsaturated/α-hetero) is 2. The maximum Gasteiger partial charge on any atom is 0.339 e. The van der Waals surface area contributed by atoms with Gasteiger partial charge >= 0.3 is 5.97 Å². The molecule has 2 aromatic rings. The van der Waals surface area contributed by atoms with Crippen molar-refractivity contribution in [2.45, 2.75) is 33.8 Å². The standard InChI is InChI=1S/C16H17NO4S/c1-8-13(10(3)18)9(2)17-14(8)15(19)11(4)21-16(20)12-5-6-22-7-12/h5-7,11,17H,1-4H3/t11-/m1/s1. The zero-order valence-corrected chi connectivity index (χ0v) is 13.7. The minimum atomic E-state index is -0.927. The molecule has 2 heterocycles. The Morgan fingerprint density at radius 1 is 1.27 bits per heavy atom. The molecule has 0 aromatic carbocycles. The summed E-state index contributed by atoms with van der Waals surface area (Å²) in [6, 6.07) is 1.64. The molecule has 0 saturated heterocycles. The Bertz CT molecular complexity index is 728. The number of aromatic amines is 1. The molecule has 0 aliphatic heterocycles. The first kappa shape index (κ1) is 16.2. The molecular formula is C16H17NO4S. The molecule has 0 bridgehead atoms. The number of hydrogen-bond donors (Lipinski definition) is 1. The van der Waals surface area contributed by atoms with Crippen LogP contribution >= 0.6 is 11.3 Å². The number of ketones is 2. The lowest BCUT2D eigenvalue weighted by atomic mass is 10.0. The molecular weight excluding hydrogens is 302 g/mol. The SMILES string of the molecule is CC(=O)c1c(C)[nH]c(C(=O)[C@@H](C)OC(=O)c2ccsc2)c1C. The average molecular weight is 319 g/mol. The highest BCUT2D eigenvalue weighted by Crippen LogP contribution is 2.21. The first-order valence-corrected chi connectivity index (χ1v) is 7.74. The number of H-pyrrole nitrogens is 1. The summed E-state index contributed by atoms with van der Waals surface area (Å²) in [5.41, 5.74) is 2.49. The van der Waals surface area contributed by atoms with E-state index in [2.05, 4.69) is 4.98 Å². The largest absolute Gasteiger partial charge is 0.451 e. The van der Waals surface area contributed by atoms with E-state index in [1.807, 2.05) is 0 Å². The lowest BCUT2D eigenvalue weighted by molar-refractivity contribution is 0.0317. The van der Waals surface area contributed by atoms with Gasteiger partial charge in [0.25, 0.3) is 0 Å². The monoisotopic (exact) mass is 319 g/mol. The van der Waals surface area contributed by atoms with Crippen LogP contribution in [0, 0.1) is 13.8 Å². The fourth-order valence-corrected chi connectivity index (χ4v) is 3.02. The van der Waals surface area contributed by atoms with Crippen LogP contribution in [-0.2, 0) is 4.74 Å². The first-order chi connectivity index (χ1) is 10.3. The van der Waals surface area contributed by atoms with Crippen LogP contribution < -0.4 is 0 Å². The van der Waals surface area contributed by atoms with Crippen LogP contribution in [0.5, 0.6) is 0 Å². The van der Waals surface area contributed by atoms with Crippen LogP contribution in [0.15, 0.2) is 16.8 Å². The van der Waals surface area contributed by atoms with Gasteiger partial charge in [0.05, 0.1) is 11.3 Å². The summed E-state index contributed by atoms with van der Waals surface area (Å²) < 4.78 is 5.19. The normalized spacial score (nSPS) is 12.0. The van der Waals surface area contributed by atoms with Crippen LogP contribution in [-0.4, -0.2) is 28.6 Å². The number of ether oxygens (including phenoxy) is 1. The van der Waals surface area contributed by atoms with Gasteiger partial charge in [0.1, 0.15) is 0 Å². The minimum absolute atomic E-state index is 0.103. The van der Waals surface area contributed by atoms with Crippen molar-refractivity contribution < 1.29 is 19.1 Å². The minimum Gasteiger partial charge on any atom is -0.451 e. The average Bonchev–Trinajstić information content (AvgIpc) is 3.05. The number of hydrogen-bond acceptors (Lipinski definition) is 5. The van der Waals surface area contributed by atoms with Crippen molar-refractivity contribution in [3.8, 4) is 0 Å². The zero-order valence-electron chi connectivity index (χ0n) is 12.9. The number of aromatic nitrogens is 1. The Labute approximate surface area is 132 Å². The molecule has 2 aromatic heterocycles. The number of esters is 1. The highest BCUT2D eigenvalue weighted by atomic mass is 32.1. The van der Waals surface area contributed by atoms with Gasteiger partial charge in [-0.05, 0) is 44.7 Å². The molecule has 6 heteroatoms. The van der Waals surface area contributed by atoms with Gasteiger partial charge < -0.3 is 9.72 Å². The van der Waals surface area contributed by atoms with Gasteiger partial charge in [0, 0.05) is 16.6 Å². The van der Waals surface area contributed by atoms with Crippen molar-refractivity contribution in [3.63, 3.8) is 0 Å². The Kier molecular flexibility index (Phi) is 4.61. The van der Waals surface area contributed by atoms with Gasteiger partial charge in [-0.25, -0.2) is 4.79 Å². The van der Waals surface area contributed by atoms with E-state index >= 15 is 0 Å². The van der Waals surface area contributed by atoms with E-state index in [1.54, 1.807) is 30.7 Å². The Hall–Kier alpha value is -2.21. The Morgan fingerprint density at radius 2 is 1.95 bits per heavy atom. The van der Waals surface area contributed by atoms with E-state index < -0.39 is 12.1 Å². The van der Waals surface area contributed by atoms with Crippen molar-refractivity contribution in [2.75, 3.05) is 0 Å². The third-order valence-corrected chi connectivity index (χ3v) is 4.13.